The zero-order chi connectivity index (χ0) is 26.4. The number of hydrogen-bond donors (Lipinski definition) is 3. The number of halogens is 1. The summed E-state index contributed by atoms with van der Waals surface area (Å²) in [5, 5.41) is 15.6. The Morgan fingerprint density at radius 1 is 0.973 bits per heavy atom. The van der Waals surface area contributed by atoms with Crippen molar-refractivity contribution < 1.29 is 28.9 Å². The maximum atomic E-state index is 13.1. The smallest absolute Gasteiger partial charge is 0.328 e. The van der Waals surface area contributed by atoms with Gasteiger partial charge in [-0.3, -0.25) is 4.57 Å². The van der Waals surface area contributed by atoms with E-state index in [0.717, 1.165) is 61.9 Å². The molecule has 2 fully saturated rings. The number of aromatic nitrogens is 2. The Hall–Kier alpha value is -3.76. The number of nitrogens with zero attached hydrogens (tertiary/aromatic N) is 2. The molecule has 0 amide bonds. The minimum atomic E-state index is -1.26. The molecule has 1 aromatic heterocycles. The summed E-state index contributed by atoms with van der Waals surface area (Å²) in [5.41, 5.74) is 2.96. The molecule has 2 aliphatic heterocycles. The van der Waals surface area contributed by atoms with Crippen molar-refractivity contribution in [2.75, 3.05) is 19.6 Å². The molecule has 3 N–H and O–H groups in total. The molecule has 10 heteroatoms. The van der Waals surface area contributed by atoms with Gasteiger partial charge in [0.15, 0.2) is 0 Å². The van der Waals surface area contributed by atoms with Crippen LogP contribution in [0.2, 0.25) is 0 Å². The monoisotopic (exact) mass is 511 g/mol. The van der Waals surface area contributed by atoms with Gasteiger partial charge < -0.3 is 24.8 Å². The lowest BCUT2D eigenvalue weighted by molar-refractivity contribution is -0.134. The highest BCUT2D eigenvalue weighted by Gasteiger charge is 2.30. The number of carbonyl (C=O) groups is 2. The number of likely N-dealkylation sites (tertiary alicyclic amines) is 1. The van der Waals surface area contributed by atoms with Gasteiger partial charge in [0.05, 0.1) is 23.2 Å². The maximum absolute atomic E-state index is 13.1. The number of aliphatic carboxylic acids is 2. The number of hydrogen-bond acceptors (Lipinski definition) is 5. The van der Waals surface area contributed by atoms with Crippen LogP contribution in [0.25, 0.3) is 11.0 Å². The summed E-state index contributed by atoms with van der Waals surface area (Å²) in [6.07, 6.45) is 5.36. The highest BCUT2D eigenvalue weighted by atomic mass is 19.1. The second-order valence-electron chi connectivity index (χ2n) is 9.23. The lowest BCUT2D eigenvalue weighted by atomic mass is 10.0. The molecule has 2 aliphatic rings. The van der Waals surface area contributed by atoms with Crippen LogP contribution >= 0.6 is 0 Å². The summed E-state index contributed by atoms with van der Waals surface area (Å²) >= 11 is 0. The molecule has 2 atom stereocenters. The Morgan fingerprint density at radius 2 is 1.62 bits per heavy atom. The van der Waals surface area contributed by atoms with Crippen molar-refractivity contribution in [1.82, 2.24) is 14.5 Å². The SMILES string of the molecule is O=C(O)/C=C/C(=O)O.O=c1[nH]c2ccccc2n1C1CCN(CC2CCC(c3ccc(F)cc3)O2)CC1. The molecule has 2 saturated heterocycles. The molecular formula is C27H30FN3O6. The molecule has 0 spiro atoms. The van der Waals surface area contributed by atoms with Gasteiger partial charge in [0.25, 0.3) is 0 Å². The van der Waals surface area contributed by atoms with E-state index in [1.54, 1.807) is 0 Å². The fraction of sp³-hybridized carbons (Fsp3) is 0.370. The Labute approximate surface area is 212 Å². The van der Waals surface area contributed by atoms with Gasteiger partial charge in [0.1, 0.15) is 5.82 Å². The lowest BCUT2D eigenvalue weighted by Gasteiger charge is -2.33. The third kappa shape index (κ3) is 6.93. The number of carboxylic acids is 2. The van der Waals surface area contributed by atoms with E-state index in [4.69, 9.17) is 14.9 Å². The third-order valence-electron chi connectivity index (χ3n) is 6.73. The highest BCUT2D eigenvalue weighted by Crippen LogP contribution is 2.34. The van der Waals surface area contributed by atoms with Crippen LogP contribution in [0.4, 0.5) is 4.39 Å². The lowest BCUT2D eigenvalue weighted by Crippen LogP contribution is -2.40. The first-order valence-corrected chi connectivity index (χ1v) is 12.3. The molecule has 196 valence electrons. The molecule has 3 heterocycles. The van der Waals surface area contributed by atoms with E-state index in [1.807, 2.05) is 41.0 Å². The summed E-state index contributed by atoms with van der Waals surface area (Å²) in [4.78, 5) is 37.0. The number of carboxylic acid groups (broad SMARTS) is 2. The molecule has 9 nitrogen and oxygen atoms in total. The van der Waals surface area contributed by atoms with Gasteiger partial charge in [0, 0.05) is 37.8 Å². The number of H-pyrrole nitrogens is 1. The number of aromatic amines is 1. The molecular weight excluding hydrogens is 481 g/mol. The minimum absolute atomic E-state index is 0.00841. The molecule has 5 rings (SSSR count). The van der Waals surface area contributed by atoms with Crippen LogP contribution in [0, 0.1) is 5.82 Å². The van der Waals surface area contributed by atoms with Crippen molar-refractivity contribution in [2.45, 2.75) is 43.9 Å². The molecule has 0 radical (unpaired) electrons. The number of rotatable bonds is 6. The van der Waals surface area contributed by atoms with Gasteiger partial charge in [-0.05, 0) is 55.5 Å². The standard InChI is InChI=1S/C23H26FN3O2.C4H4O4/c24-17-7-5-16(6-8-17)22-10-9-19(29-22)15-26-13-11-18(12-14-26)27-21-4-2-1-3-20(21)25-23(27)28;5-3(6)1-2-4(7)8/h1-8,18-19,22H,9-15H2,(H,25,28);1-2H,(H,5,6)(H,7,8)/b;2-1+. The van der Waals surface area contributed by atoms with Crippen molar-refractivity contribution in [3.63, 3.8) is 0 Å². The van der Waals surface area contributed by atoms with Crippen LogP contribution in [0.15, 0.2) is 65.5 Å². The van der Waals surface area contributed by atoms with E-state index >= 15 is 0 Å². The summed E-state index contributed by atoms with van der Waals surface area (Å²) in [6.45, 7) is 2.86. The van der Waals surface area contributed by atoms with Gasteiger partial charge in [-0.2, -0.15) is 0 Å². The zero-order valence-corrected chi connectivity index (χ0v) is 20.3. The molecule has 2 aromatic carbocycles. The molecule has 37 heavy (non-hydrogen) atoms. The van der Waals surface area contributed by atoms with E-state index in [0.29, 0.717) is 12.2 Å². The van der Waals surface area contributed by atoms with Crippen LogP contribution in [0.3, 0.4) is 0 Å². The van der Waals surface area contributed by atoms with Crippen LogP contribution in [-0.2, 0) is 14.3 Å². The molecule has 0 saturated carbocycles. The second-order valence-corrected chi connectivity index (χ2v) is 9.23. The Balaban J connectivity index is 0.000000349. The van der Waals surface area contributed by atoms with Crippen LogP contribution in [-0.4, -0.2) is 62.3 Å². The Kier molecular flexibility index (Phi) is 8.52. The molecule has 3 aromatic rings. The summed E-state index contributed by atoms with van der Waals surface area (Å²) < 4.78 is 21.3. The number of benzene rings is 2. The van der Waals surface area contributed by atoms with Crippen molar-refractivity contribution in [3.05, 3.63) is 82.5 Å². The normalized spacial score (nSPS) is 20.7. The predicted molar refractivity (Wildman–Crippen MR) is 135 cm³/mol. The van der Waals surface area contributed by atoms with E-state index in [9.17, 15) is 18.8 Å². The molecule has 0 aliphatic carbocycles. The first kappa shape index (κ1) is 26.3. The van der Waals surface area contributed by atoms with Gasteiger partial charge in [0.2, 0.25) is 0 Å². The van der Waals surface area contributed by atoms with Crippen molar-refractivity contribution in [2.24, 2.45) is 0 Å². The number of piperidine rings is 1. The highest BCUT2D eigenvalue weighted by molar-refractivity contribution is 5.89. The fourth-order valence-electron chi connectivity index (χ4n) is 4.99. The Morgan fingerprint density at radius 3 is 2.27 bits per heavy atom. The summed E-state index contributed by atoms with van der Waals surface area (Å²) in [7, 11) is 0. The van der Waals surface area contributed by atoms with Crippen molar-refractivity contribution >= 4 is 23.0 Å². The van der Waals surface area contributed by atoms with Crippen LogP contribution < -0.4 is 5.69 Å². The maximum Gasteiger partial charge on any atom is 0.328 e. The third-order valence-corrected chi connectivity index (χ3v) is 6.73. The summed E-state index contributed by atoms with van der Waals surface area (Å²) in [5.74, 6) is -2.72. The van der Waals surface area contributed by atoms with Crippen LogP contribution in [0.5, 0.6) is 0 Å². The Bertz CT molecular complexity index is 1290. The number of imidazole rings is 1. The van der Waals surface area contributed by atoms with E-state index in [2.05, 4.69) is 9.88 Å². The zero-order valence-electron chi connectivity index (χ0n) is 20.3. The minimum Gasteiger partial charge on any atom is -0.478 e. The van der Waals surface area contributed by atoms with Gasteiger partial charge in [-0.15, -0.1) is 0 Å². The number of fused-ring (bicyclic) bond motifs is 1. The van der Waals surface area contributed by atoms with E-state index < -0.39 is 11.9 Å². The molecule has 2 unspecified atom stereocenters. The largest absolute Gasteiger partial charge is 0.478 e. The van der Waals surface area contributed by atoms with Crippen molar-refractivity contribution in [3.8, 4) is 0 Å². The first-order chi connectivity index (χ1) is 17.8. The average molecular weight is 512 g/mol. The number of nitrogens with one attached hydrogen (secondary N) is 1. The van der Waals surface area contributed by atoms with Gasteiger partial charge >= 0.3 is 17.6 Å². The number of ether oxygens (including phenoxy) is 1. The van der Waals surface area contributed by atoms with Crippen molar-refractivity contribution in [1.29, 1.82) is 0 Å². The number of para-hydroxylation sites is 2. The predicted octanol–water partition coefficient (Wildman–Crippen LogP) is 3.74. The second kappa shape index (κ2) is 12.0. The van der Waals surface area contributed by atoms with Gasteiger partial charge in [-0.1, -0.05) is 24.3 Å². The van der Waals surface area contributed by atoms with E-state index in [1.165, 1.54) is 12.1 Å². The fourth-order valence-corrected chi connectivity index (χ4v) is 4.99. The summed E-state index contributed by atoms with van der Waals surface area (Å²) in [6, 6.07) is 14.8. The quantitative estimate of drug-likeness (QED) is 0.431. The molecule has 0 bridgehead atoms. The van der Waals surface area contributed by atoms with Crippen LogP contribution in [0.1, 0.15) is 43.4 Å². The average Bonchev–Trinajstić information content (AvgIpc) is 3.48. The van der Waals surface area contributed by atoms with E-state index in [-0.39, 0.29) is 29.8 Å². The first-order valence-electron chi connectivity index (χ1n) is 12.3. The van der Waals surface area contributed by atoms with Gasteiger partial charge in [-0.25, -0.2) is 18.8 Å². The topological polar surface area (TPSA) is 125 Å².